The highest BCUT2D eigenvalue weighted by molar-refractivity contribution is 7.13. The van der Waals surface area contributed by atoms with E-state index in [1.54, 1.807) is 11.3 Å². The molecule has 3 rings (SSSR count). The van der Waals surface area contributed by atoms with Crippen LogP contribution >= 0.6 is 11.3 Å². The number of nitrogens with one attached hydrogen (secondary N) is 1. The van der Waals surface area contributed by atoms with Crippen molar-refractivity contribution >= 4 is 17.2 Å². The van der Waals surface area contributed by atoms with Crippen LogP contribution in [0.3, 0.4) is 0 Å². The van der Waals surface area contributed by atoms with Gasteiger partial charge in [0.05, 0.1) is 11.4 Å². The molecule has 21 heavy (non-hydrogen) atoms. The van der Waals surface area contributed by atoms with E-state index in [0.29, 0.717) is 13.0 Å². The van der Waals surface area contributed by atoms with Crippen molar-refractivity contribution in [2.24, 2.45) is 5.92 Å². The van der Waals surface area contributed by atoms with Crippen molar-refractivity contribution in [2.45, 2.75) is 45.1 Å². The lowest BCUT2D eigenvalue weighted by atomic mass is 10.0. The van der Waals surface area contributed by atoms with Crippen molar-refractivity contribution in [3.05, 3.63) is 35.4 Å². The minimum Gasteiger partial charge on any atom is -0.458 e. The van der Waals surface area contributed by atoms with Crippen molar-refractivity contribution in [1.29, 1.82) is 0 Å². The maximum Gasteiger partial charge on any atom is 0.220 e. The summed E-state index contributed by atoms with van der Waals surface area (Å²) in [5.74, 6) is 2.59. The molecule has 0 saturated heterocycles. The Balaban J connectivity index is 1.43. The van der Waals surface area contributed by atoms with Crippen molar-refractivity contribution in [3.8, 4) is 10.6 Å². The molecule has 0 spiro atoms. The van der Waals surface area contributed by atoms with Gasteiger partial charge in [0, 0.05) is 6.42 Å². The van der Waals surface area contributed by atoms with Crippen LogP contribution in [0.1, 0.15) is 44.3 Å². The molecule has 0 radical (unpaired) electrons. The summed E-state index contributed by atoms with van der Waals surface area (Å²) >= 11 is 1.65. The van der Waals surface area contributed by atoms with Gasteiger partial charge in [-0.25, -0.2) is 0 Å². The van der Waals surface area contributed by atoms with Crippen molar-refractivity contribution in [2.75, 3.05) is 0 Å². The van der Waals surface area contributed by atoms with E-state index < -0.39 is 0 Å². The van der Waals surface area contributed by atoms with Crippen molar-refractivity contribution in [1.82, 2.24) is 5.32 Å². The molecular formula is C17H21NO2S. The maximum absolute atomic E-state index is 11.9. The van der Waals surface area contributed by atoms with Crippen molar-refractivity contribution < 1.29 is 9.21 Å². The van der Waals surface area contributed by atoms with Crippen LogP contribution in [-0.2, 0) is 11.3 Å². The number of amides is 1. The first-order chi connectivity index (χ1) is 10.3. The predicted octanol–water partition coefficient (Wildman–Crippen LogP) is 4.59. The molecule has 2 aromatic heterocycles. The van der Waals surface area contributed by atoms with Gasteiger partial charge in [-0.05, 0) is 35.9 Å². The van der Waals surface area contributed by atoms with E-state index in [4.69, 9.17) is 4.42 Å². The average molecular weight is 303 g/mol. The van der Waals surface area contributed by atoms with Gasteiger partial charge in [-0.2, -0.15) is 0 Å². The van der Waals surface area contributed by atoms with E-state index in [1.165, 1.54) is 25.7 Å². The second-order valence-corrected chi connectivity index (χ2v) is 6.66. The summed E-state index contributed by atoms with van der Waals surface area (Å²) in [6.07, 6.45) is 6.95. The monoisotopic (exact) mass is 303 g/mol. The number of carbonyl (C=O) groups excluding carboxylic acids is 1. The van der Waals surface area contributed by atoms with Gasteiger partial charge in [0.15, 0.2) is 0 Å². The molecule has 4 heteroatoms. The lowest BCUT2D eigenvalue weighted by Gasteiger charge is -2.08. The van der Waals surface area contributed by atoms with E-state index in [1.807, 2.05) is 29.6 Å². The predicted molar refractivity (Wildman–Crippen MR) is 85.1 cm³/mol. The first-order valence-corrected chi connectivity index (χ1v) is 8.58. The summed E-state index contributed by atoms with van der Waals surface area (Å²) in [5.41, 5.74) is 0. The Hall–Kier alpha value is -1.55. The van der Waals surface area contributed by atoms with Crippen molar-refractivity contribution in [3.63, 3.8) is 0 Å². The second-order valence-electron chi connectivity index (χ2n) is 5.71. The average Bonchev–Trinajstić information content (AvgIpc) is 3.24. The van der Waals surface area contributed by atoms with Gasteiger partial charge in [-0.1, -0.05) is 31.7 Å². The smallest absolute Gasteiger partial charge is 0.220 e. The molecule has 0 bridgehead atoms. The molecule has 0 aromatic carbocycles. The highest BCUT2D eigenvalue weighted by Crippen LogP contribution is 2.28. The SMILES string of the molecule is O=C(CCC1CCCC1)NCc1ccc(-c2cccs2)o1. The Morgan fingerprint density at radius 3 is 2.90 bits per heavy atom. The summed E-state index contributed by atoms with van der Waals surface area (Å²) in [6.45, 7) is 0.481. The van der Waals surface area contributed by atoms with Gasteiger partial charge in [0.2, 0.25) is 5.91 Å². The molecule has 0 aliphatic heterocycles. The van der Waals surface area contributed by atoms with Crippen LogP contribution in [-0.4, -0.2) is 5.91 Å². The number of thiophene rings is 1. The Kier molecular flexibility index (Phi) is 4.76. The fourth-order valence-corrected chi connectivity index (χ4v) is 3.62. The van der Waals surface area contributed by atoms with Crippen LogP contribution in [0.4, 0.5) is 0 Å². The maximum atomic E-state index is 11.9. The molecule has 1 aliphatic carbocycles. The number of rotatable bonds is 6. The van der Waals surface area contributed by atoms with E-state index in [-0.39, 0.29) is 5.91 Å². The number of hydrogen-bond donors (Lipinski definition) is 1. The molecule has 1 N–H and O–H groups in total. The zero-order chi connectivity index (χ0) is 14.5. The third kappa shape index (κ3) is 3.97. The first-order valence-electron chi connectivity index (χ1n) is 7.70. The topological polar surface area (TPSA) is 42.2 Å². The minimum atomic E-state index is 0.135. The van der Waals surface area contributed by atoms with Gasteiger partial charge in [0.25, 0.3) is 0 Å². The zero-order valence-corrected chi connectivity index (χ0v) is 13.0. The van der Waals surface area contributed by atoms with E-state index in [9.17, 15) is 4.79 Å². The second kappa shape index (κ2) is 6.94. The lowest BCUT2D eigenvalue weighted by molar-refractivity contribution is -0.121. The van der Waals surface area contributed by atoms with Crippen LogP contribution in [0.25, 0.3) is 10.6 Å². The Morgan fingerprint density at radius 1 is 1.29 bits per heavy atom. The molecule has 0 unspecified atom stereocenters. The summed E-state index contributed by atoms with van der Waals surface area (Å²) in [4.78, 5) is 13.0. The fraction of sp³-hybridized carbons (Fsp3) is 0.471. The molecular weight excluding hydrogens is 282 g/mol. The normalized spacial score (nSPS) is 15.4. The molecule has 2 heterocycles. The zero-order valence-electron chi connectivity index (χ0n) is 12.1. The quantitative estimate of drug-likeness (QED) is 0.847. The largest absolute Gasteiger partial charge is 0.458 e. The molecule has 112 valence electrons. The number of carbonyl (C=O) groups is 1. The summed E-state index contributed by atoms with van der Waals surface area (Å²) in [6, 6.07) is 7.94. The van der Waals surface area contributed by atoms with Crippen LogP contribution in [0, 0.1) is 5.92 Å². The highest BCUT2D eigenvalue weighted by atomic mass is 32.1. The Labute approximate surface area is 129 Å². The lowest BCUT2D eigenvalue weighted by Crippen LogP contribution is -2.22. The third-order valence-corrected chi connectivity index (χ3v) is 5.02. The van der Waals surface area contributed by atoms with E-state index in [0.717, 1.165) is 28.7 Å². The molecule has 1 saturated carbocycles. The van der Waals surface area contributed by atoms with Gasteiger partial charge < -0.3 is 9.73 Å². The van der Waals surface area contributed by atoms with Gasteiger partial charge in [-0.15, -0.1) is 11.3 Å². The Bertz CT molecular complexity index is 567. The van der Waals surface area contributed by atoms with E-state index in [2.05, 4.69) is 5.32 Å². The third-order valence-electron chi connectivity index (χ3n) is 4.14. The van der Waals surface area contributed by atoms with Gasteiger partial charge in [0.1, 0.15) is 11.5 Å². The molecule has 1 amide bonds. The van der Waals surface area contributed by atoms with E-state index >= 15 is 0 Å². The van der Waals surface area contributed by atoms with Crippen LogP contribution < -0.4 is 5.32 Å². The van der Waals surface area contributed by atoms with Crippen LogP contribution in [0.5, 0.6) is 0 Å². The van der Waals surface area contributed by atoms with Crippen LogP contribution in [0.2, 0.25) is 0 Å². The molecule has 1 fully saturated rings. The van der Waals surface area contributed by atoms with Gasteiger partial charge >= 0.3 is 0 Å². The summed E-state index contributed by atoms with van der Waals surface area (Å²) in [5, 5.41) is 4.98. The molecule has 3 nitrogen and oxygen atoms in total. The fourth-order valence-electron chi connectivity index (χ4n) is 2.93. The number of furan rings is 1. The highest BCUT2D eigenvalue weighted by Gasteiger charge is 2.16. The summed E-state index contributed by atoms with van der Waals surface area (Å²) in [7, 11) is 0. The first kappa shape index (κ1) is 14.4. The molecule has 0 atom stereocenters. The molecule has 1 aliphatic rings. The molecule has 2 aromatic rings. The minimum absolute atomic E-state index is 0.135. The Morgan fingerprint density at radius 2 is 2.14 bits per heavy atom. The standard InChI is InChI=1S/C17H21NO2S/c19-17(10-7-13-4-1-2-5-13)18-12-14-8-9-15(20-14)16-6-3-11-21-16/h3,6,8-9,11,13H,1-2,4-5,7,10,12H2,(H,18,19). The number of hydrogen-bond acceptors (Lipinski definition) is 3. The van der Waals surface area contributed by atoms with Gasteiger partial charge in [-0.3, -0.25) is 4.79 Å². The summed E-state index contributed by atoms with van der Waals surface area (Å²) < 4.78 is 5.75. The van der Waals surface area contributed by atoms with Crippen LogP contribution in [0.15, 0.2) is 34.1 Å².